The summed E-state index contributed by atoms with van der Waals surface area (Å²) in [5.74, 6) is 5.18. The van der Waals surface area contributed by atoms with Crippen molar-refractivity contribution in [2.75, 3.05) is 16.6 Å². The standard InChI is InChI=1S/C11H11Cl2N7O/c12-5-1-2-6(7(13)3-5)11(21)20-19-10-8(14)9(18-15)16-4-17-10/h1-4H,14-15H2,(H,20,21)(H2,16,17,18,19). The van der Waals surface area contributed by atoms with Crippen LogP contribution in [0.3, 0.4) is 0 Å². The molecule has 110 valence electrons. The Bertz CT molecular complexity index is 680. The smallest absolute Gasteiger partial charge is 0.271 e. The van der Waals surface area contributed by atoms with Gasteiger partial charge in [0.05, 0.1) is 10.6 Å². The summed E-state index contributed by atoms with van der Waals surface area (Å²) < 4.78 is 0. The molecule has 10 heteroatoms. The topological polar surface area (TPSA) is 131 Å². The van der Waals surface area contributed by atoms with Crippen LogP contribution in [0.2, 0.25) is 10.0 Å². The molecule has 0 saturated carbocycles. The molecule has 1 aromatic heterocycles. The number of anilines is 3. The number of nitrogens with zero attached hydrogens (tertiary/aromatic N) is 2. The van der Waals surface area contributed by atoms with Gasteiger partial charge in [-0.2, -0.15) is 0 Å². The summed E-state index contributed by atoms with van der Waals surface area (Å²) in [7, 11) is 0. The van der Waals surface area contributed by atoms with E-state index in [-0.39, 0.29) is 27.9 Å². The van der Waals surface area contributed by atoms with Crippen LogP contribution in [-0.4, -0.2) is 15.9 Å². The van der Waals surface area contributed by atoms with Crippen molar-refractivity contribution in [1.29, 1.82) is 0 Å². The highest BCUT2D eigenvalue weighted by Crippen LogP contribution is 2.22. The van der Waals surface area contributed by atoms with Gasteiger partial charge in [-0.15, -0.1) is 0 Å². The Labute approximate surface area is 129 Å². The first kappa shape index (κ1) is 15.1. The van der Waals surface area contributed by atoms with Gasteiger partial charge in [0.1, 0.15) is 12.0 Å². The molecule has 0 unspecified atom stereocenters. The van der Waals surface area contributed by atoms with Crippen molar-refractivity contribution < 1.29 is 4.79 Å². The number of halogens is 2. The van der Waals surface area contributed by atoms with Gasteiger partial charge in [-0.1, -0.05) is 23.2 Å². The van der Waals surface area contributed by atoms with Crippen molar-refractivity contribution >= 4 is 46.4 Å². The van der Waals surface area contributed by atoms with Crippen LogP contribution in [0.1, 0.15) is 10.4 Å². The van der Waals surface area contributed by atoms with E-state index < -0.39 is 5.91 Å². The van der Waals surface area contributed by atoms with Crippen LogP contribution in [0.4, 0.5) is 17.3 Å². The Hall–Kier alpha value is -2.29. The lowest BCUT2D eigenvalue weighted by atomic mass is 10.2. The van der Waals surface area contributed by atoms with Gasteiger partial charge in [0.25, 0.3) is 5.91 Å². The van der Waals surface area contributed by atoms with Crippen LogP contribution >= 0.6 is 23.2 Å². The molecule has 8 nitrogen and oxygen atoms in total. The molecule has 1 amide bonds. The molecule has 0 atom stereocenters. The molecule has 0 fully saturated rings. The summed E-state index contributed by atoms with van der Waals surface area (Å²) in [6.07, 6.45) is 1.23. The third-order valence-electron chi connectivity index (χ3n) is 2.49. The van der Waals surface area contributed by atoms with Crippen molar-refractivity contribution in [3.8, 4) is 0 Å². The number of carbonyl (C=O) groups is 1. The quantitative estimate of drug-likeness (QED) is 0.423. The van der Waals surface area contributed by atoms with Gasteiger partial charge in [0, 0.05) is 5.02 Å². The number of aromatic nitrogens is 2. The van der Waals surface area contributed by atoms with Crippen molar-refractivity contribution in [3.05, 3.63) is 40.1 Å². The van der Waals surface area contributed by atoms with E-state index in [1.807, 2.05) is 0 Å². The number of hydrogen-bond acceptors (Lipinski definition) is 7. The van der Waals surface area contributed by atoms with Crippen molar-refractivity contribution in [3.63, 3.8) is 0 Å². The van der Waals surface area contributed by atoms with E-state index in [9.17, 15) is 4.79 Å². The van der Waals surface area contributed by atoms with E-state index in [4.69, 9.17) is 34.8 Å². The molecule has 0 radical (unpaired) electrons. The maximum atomic E-state index is 12.0. The SMILES string of the molecule is NNc1ncnc(NNC(=O)c2ccc(Cl)cc2Cl)c1N. The number of nitrogens with one attached hydrogen (secondary N) is 3. The molecular weight excluding hydrogens is 317 g/mol. The van der Waals surface area contributed by atoms with E-state index in [0.29, 0.717) is 5.02 Å². The summed E-state index contributed by atoms with van der Waals surface area (Å²) in [4.78, 5) is 19.7. The molecule has 2 rings (SSSR count). The fourth-order valence-corrected chi connectivity index (χ4v) is 1.96. The van der Waals surface area contributed by atoms with Crippen LogP contribution < -0.4 is 27.9 Å². The number of nitrogen functional groups attached to an aromatic ring is 2. The van der Waals surface area contributed by atoms with Crippen LogP contribution in [0.5, 0.6) is 0 Å². The summed E-state index contributed by atoms with van der Waals surface area (Å²) >= 11 is 11.7. The lowest BCUT2D eigenvalue weighted by molar-refractivity contribution is 0.0962. The second-order valence-corrected chi connectivity index (χ2v) is 4.68. The van der Waals surface area contributed by atoms with Gasteiger partial charge in [0.2, 0.25) is 0 Å². The van der Waals surface area contributed by atoms with Crippen molar-refractivity contribution in [2.24, 2.45) is 5.84 Å². The number of benzene rings is 1. The molecule has 0 bridgehead atoms. The summed E-state index contributed by atoms with van der Waals surface area (Å²) in [5, 5.41) is 0.657. The van der Waals surface area contributed by atoms with Gasteiger partial charge in [-0.3, -0.25) is 15.6 Å². The van der Waals surface area contributed by atoms with Crippen molar-refractivity contribution in [2.45, 2.75) is 0 Å². The van der Waals surface area contributed by atoms with Crippen molar-refractivity contribution in [1.82, 2.24) is 15.4 Å². The lowest BCUT2D eigenvalue weighted by Gasteiger charge is -2.12. The zero-order valence-electron chi connectivity index (χ0n) is 10.5. The van der Waals surface area contributed by atoms with E-state index >= 15 is 0 Å². The Morgan fingerprint density at radius 2 is 1.90 bits per heavy atom. The maximum Gasteiger partial charge on any atom is 0.271 e. The molecule has 1 aromatic carbocycles. The Morgan fingerprint density at radius 3 is 2.57 bits per heavy atom. The minimum atomic E-state index is -0.475. The average molecular weight is 328 g/mol. The number of nitrogens with two attached hydrogens (primary N) is 2. The third kappa shape index (κ3) is 3.43. The van der Waals surface area contributed by atoms with E-state index in [2.05, 4.69) is 26.2 Å². The highest BCUT2D eigenvalue weighted by atomic mass is 35.5. The molecule has 0 saturated heterocycles. The molecule has 0 aliphatic rings. The van der Waals surface area contributed by atoms with Crippen LogP contribution in [0.25, 0.3) is 0 Å². The lowest BCUT2D eigenvalue weighted by Crippen LogP contribution is -2.30. The van der Waals surface area contributed by atoms with E-state index in [0.717, 1.165) is 0 Å². The number of carbonyl (C=O) groups excluding carboxylic acids is 1. The number of amides is 1. The van der Waals surface area contributed by atoms with Gasteiger partial charge in [-0.25, -0.2) is 15.8 Å². The first-order valence-electron chi connectivity index (χ1n) is 5.61. The van der Waals surface area contributed by atoms with Crippen LogP contribution in [0.15, 0.2) is 24.5 Å². The van der Waals surface area contributed by atoms with Gasteiger partial charge < -0.3 is 11.2 Å². The fourth-order valence-electron chi connectivity index (χ4n) is 1.47. The Balaban J connectivity index is 2.11. The zero-order valence-corrected chi connectivity index (χ0v) is 12.0. The largest absolute Gasteiger partial charge is 0.393 e. The molecule has 1 heterocycles. The highest BCUT2D eigenvalue weighted by molar-refractivity contribution is 6.36. The highest BCUT2D eigenvalue weighted by Gasteiger charge is 2.12. The summed E-state index contributed by atoms with van der Waals surface area (Å²) in [5.41, 5.74) is 13.4. The number of hydrazine groups is 2. The normalized spacial score (nSPS) is 10.0. The molecular formula is C11H11Cl2N7O. The Kier molecular flexibility index (Phi) is 4.63. The second-order valence-electron chi connectivity index (χ2n) is 3.83. The molecule has 21 heavy (non-hydrogen) atoms. The maximum absolute atomic E-state index is 12.0. The third-order valence-corrected chi connectivity index (χ3v) is 3.04. The van der Waals surface area contributed by atoms with Gasteiger partial charge in [-0.05, 0) is 18.2 Å². The Morgan fingerprint density at radius 1 is 1.19 bits per heavy atom. The zero-order chi connectivity index (χ0) is 15.4. The predicted octanol–water partition coefficient (Wildman–Crippen LogP) is 1.41. The van der Waals surface area contributed by atoms with E-state index in [1.54, 1.807) is 6.07 Å². The first-order chi connectivity index (χ1) is 10.0. The molecule has 7 N–H and O–H groups in total. The van der Waals surface area contributed by atoms with Crippen LogP contribution in [-0.2, 0) is 0 Å². The van der Waals surface area contributed by atoms with Gasteiger partial charge >= 0.3 is 0 Å². The molecule has 0 spiro atoms. The predicted molar refractivity (Wildman–Crippen MR) is 81.8 cm³/mol. The van der Waals surface area contributed by atoms with Gasteiger partial charge in [0.15, 0.2) is 11.6 Å². The summed E-state index contributed by atoms with van der Waals surface area (Å²) in [6.45, 7) is 0. The minimum absolute atomic E-state index is 0.155. The summed E-state index contributed by atoms with van der Waals surface area (Å²) in [6, 6.07) is 4.52. The van der Waals surface area contributed by atoms with Crippen LogP contribution in [0, 0.1) is 0 Å². The molecule has 2 aromatic rings. The molecule has 0 aliphatic heterocycles. The second kappa shape index (κ2) is 6.44. The average Bonchev–Trinajstić information content (AvgIpc) is 2.46. The molecule has 0 aliphatic carbocycles. The minimum Gasteiger partial charge on any atom is -0.393 e. The van der Waals surface area contributed by atoms with E-state index in [1.165, 1.54) is 18.5 Å². The fraction of sp³-hybridized carbons (Fsp3) is 0. The first-order valence-corrected chi connectivity index (χ1v) is 6.37. The monoisotopic (exact) mass is 327 g/mol. The number of rotatable bonds is 4. The number of hydrogen-bond donors (Lipinski definition) is 5.